The highest BCUT2D eigenvalue weighted by atomic mass is 16.3. The molecule has 3 N–H and O–H groups in total. The summed E-state index contributed by atoms with van der Waals surface area (Å²) >= 11 is 0. The van der Waals surface area contributed by atoms with Gasteiger partial charge in [0.1, 0.15) is 11.2 Å². The number of carbonyl (C=O) groups is 1. The van der Waals surface area contributed by atoms with Crippen molar-refractivity contribution in [1.29, 1.82) is 0 Å². The highest BCUT2D eigenvalue weighted by Crippen LogP contribution is 2.24. The van der Waals surface area contributed by atoms with E-state index in [-0.39, 0.29) is 23.1 Å². The first kappa shape index (κ1) is 19.8. The first-order valence-electron chi connectivity index (χ1n) is 9.81. The maximum absolute atomic E-state index is 12.7. The predicted octanol–water partition coefficient (Wildman–Crippen LogP) is 2.94. The molecule has 1 amide bonds. The van der Waals surface area contributed by atoms with Gasteiger partial charge in [0.2, 0.25) is 0 Å². The molecule has 0 saturated carbocycles. The number of nitrogens with one attached hydrogen (secondary N) is 2. The summed E-state index contributed by atoms with van der Waals surface area (Å²) in [5.74, 6) is -0.415. The highest BCUT2D eigenvalue weighted by Gasteiger charge is 2.18. The summed E-state index contributed by atoms with van der Waals surface area (Å²) in [4.78, 5) is 27.8. The molecule has 0 aliphatic heterocycles. The van der Waals surface area contributed by atoms with Crippen LogP contribution in [-0.4, -0.2) is 32.2 Å². The molecule has 7 nitrogen and oxygen atoms in total. The van der Waals surface area contributed by atoms with Gasteiger partial charge in [-0.15, -0.1) is 0 Å². The van der Waals surface area contributed by atoms with Gasteiger partial charge >= 0.3 is 0 Å². The minimum absolute atomic E-state index is 0.0301. The zero-order valence-corrected chi connectivity index (χ0v) is 17.1. The summed E-state index contributed by atoms with van der Waals surface area (Å²) in [6, 6.07) is 14.8. The number of amides is 1. The minimum Gasteiger partial charge on any atom is -0.387 e. The number of H-pyrrole nitrogens is 1. The van der Waals surface area contributed by atoms with Gasteiger partial charge < -0.3 is 15.4 Å². The van der Waals surface area contributed by atoms with Crippen molar-refractivity contribution in [3.8, 4) is 0 Å². The molecule has 0 spiro atoms. The van der Waals surface area contributed by atoms with Crippen LogP contribution in [0.3, 0.4) is 0 Å². The van der Waals surface area contributed by atoms with Crippen molar-refractivity contribution in [2.24, 2.45) is 0 Å². The number of fused-ring (bicyclic) bond motifs is 3. The molecule has 154 valence electrons. The third-order valence-corrected chi connectivity index (χ3v) is 5.24. The van der Waals surface area contributed by atoms with E-state index in [2.05, 4.69) is 36.2 Å². The van der Waals surface area contributed by atoms with E-state index in [0.717, 1.165) is 5.56 Å². The Hall–Kier alpha value is -3.45. The van der Waals surface area contributed by atoms with Crippen molar-refractivity contribution in [3.05, 3.63) is 81.8 Å². The molecular formula is C23H24N4O3. The molecule has 2 aromatic heterocycles. The van der Waals surface area contributed by atoms with E-state index < -0.39 is 12.0 Å². The smallest absolute Gasteiger partial charge is 0.259 e. The standard InChI is InChI=1S/C23H24N4O3/c1-23(2,3)15-10-8-14(9-11-15)19(28)13-24-21(29)17-12-25-27-18-7-5-4-6-16(18)22(30)26-20(17)27/h4-12,19,28H,13H2,1-3H3,(H,24,29)(H,26,30). The first-order valence-corrected chi connectivity index (χ1v) is 9.81. The summed E-state index contributed by atoms with van der Waals surface area (Å²) in [5, 5.41) is 17.9. The molecule has 30 heavy (non-hydrogen) atoms. The number of rotatable bonds is 4. The van der Waals surface area contributed by atoms with E-state index in [4.69, 9.17) is 0 Å². The maximum atomic E-state index is 12.7. The Morgan fingerprint density at radius 3 is 2.57 bits per heavy atom. The summed E-state index contributed by atoms with van der Waals surface area (Å²) in [6.45, 7) is 6.43. The average Bonchev–Trinajstić information content (AvgIpc) is 3.15. The van der Waals surface area contributed by atoms with Crippen LogP contribution >= 0.6 is 0 Å². The molecule has 0 fully saturated rings. The van der Waals surface area contributed by atoms with Crippen LogP contribution in [0.25, 0.3) is 16.6 Å². The third kappa shape index (κ3) is 3.59. The van der Waals surface area contributed by atoms with Gasteiger partial charge in [-0.1, -0.05) is 57.2 Å². The Morgan fingerprint density at radius 2 is 1.87 bits per heavy atom. The fourth-order valence-corrected chi connectivity index (χ4v) is 3.45. The van der Waals surface area contributed by atoms with Crippen molar-refractivity contribution in [1.82, 2.24) is 19.9 Å². The molecule has 4 aromatic rings. The molecule has 1 unspecified atom stereocenters. The van der Waals surface area contributed by atoms with Crippen molar-refractivity contribution in [2.75, 3.05) is 6.54 Å². The van der Waals surface area contributed by atoms with Gasteiger partial charge in [-0.25, -0.2) is 4.52 Å². The van der Waals surface area contributed by atoms with Gasteiger partial charge in [0.05, 0.1) is 23.2 Å². The Morgan fingerprint density at radius 1 is 1.17 bits per heavy atom. The van der Waals surface area contributed by atoms with Crippen LogP contribution in [0.15, 0.2) is 59.5 Å². The van der Waals surface area contributed by atoms with Crippen LogP contribution in [-0.2, 0) is 5.41 Å². The lowest BCUT2D eigenvalue weighted by atomic mass is 9.86. The van der Waals surface area contributed by atoms with Crippen LogP contribution in [0.1, 0.15) is 48.4 Å². The molecule has 0 saturated heterocycles. The number of aromatic amines is 1. The number of carbonyl (C=O) groups excluding carboxylic acids is 1. The van der Waals surface area contributed by atoms with Crippen molar-refractivity contribution in [2.45, 2.75) is 32.3 Å². The van der Waals surface area contributed by atoms with E-state index in [1.165, 1.54) is 16.3 Å². The SMILES string of the molecule is CC(C)(C)c1ccc(C(O)CNC(=O)c2cnn3c2[nH]c(=O)c2ccccc23)cc1. The molecule has 4 rings (SSSR count). The number of aliphatic hydroxyl groups is 1. The molecule has 7 heteroatoms. The number of para-hydroxylation sites is 1. The van der Waals surface area contributed by atoms with Gasteiger partial charge in [0, 0.05) is 6.54 Å². The van der Waals surface area contributed by atoms with Crippen molar-refractivity contribution < 1.29 is 9.90 Å². The summed E-state index contributed by atoms with van der Waals surface area (Å²) in [7, 11) is 0. The summed E-state index contributed by atoms with van der Waals surface area (Å²) in [6.07, 6.45) is 0.571. The van der Waals surface area contributed by atoms with Gasteiger partial charge in [0.25, 0.3) is 11.5 Å². The molecule has 0 aliphatic rings. The fraction of sp³-hybridized carbons (Fsp3) is 0.261. The molecule has 1 atom stereocenters. The monoisotopic (exact) mass is 404 g/mol. The topological polar surface area (TPSA) is 99.5 Å². The quantitative estimate of drug-likeness (QED) is 0.487. The van der Waals surface area contributed by atoms with Crippen LogP contribution in [0.2, 0.25) is 0 Å². The number of aliphatic hydroxyl groups excluding tert-OH is 1. The van der Waals surface area contributed by atoms with E-state index >= 15 is 0 Å². The van der Waals surface area contributed by atoms with Gasteiger partial charge in [-0.3, -0.25) is 9.59 Å². The number of benzene rings is 2. The molecule has 0 bridgehead atoms. The fourth-order valence-electron chi connectivity index (χ4n) is 3.45. The Bertz CT molecular complexity index is 1280. The van der Waals surface area contributed by atoms with E-state index in [9.17, 15) is 14.7 Å². The number of hydrogen-bond donors (Lipinski definition) is 3. The van der Waals surface area contributed by atoms with Crippen LogP contribution in [0.5, 0.6) is 0 Å². The first-order chi connectivity index (χ1) is 14.3. The molecule has 2 aromatic carbocycles. The second-order valence-electron chi connectivity index (χ2n) is 8.39. The molecular weight excluding hydrogens is 380 g/mol. The van der Waals surface area contributed by atoms with Gasteiger partial charge in [-0.05, 0) is 28.7 Å². The maximum Gasteiger partial charge on any atom is 0.259 e. The van der Waals surface area contributed by atoms with Crippen LogP contribution in [0, 0.1) is 0 Å². The van der Waals surface area contributed by atoms with Gasteiger partial charge in [0.15, 0.2) is 0 Å². The van der Waals surface area contributed by atoms with Gasteiger partial charge in [-0.2, -0.15) is 5.10 Å². The molecule has 0 radical (unpaired) electrons. The van der Waals surface area contributed by atoms with E-state index in [0.29, 0.717) is 16.6 Å². The minimum atomic E-state index is -0.843. The van der Waals surface area contributed by atoms with Crippen LogP contribution < -0.4 is 10.9 Å². The lowest BCUT2D eigenvalue weighted by Crippen LogP contribution is -2.28. The van der Waals surface area contributed by atoms with E-state index in [1.54, 1.807) is 18.2 Å². The summed E-state index contributed by atoms with van der Waals surface area (Å²) in [5.41, 5.74) is 2.82. The average molecular weight is 404 g/mol. The zero-order valence-electron chi connectivity index (χ0n) is 17.1. The Labute approximate surface area is 173 Å². The number of hydrogen-bond acceptors (Lipinski definition) is 4. The van der Waals surface area contributed by atoms with Crippen molar-refractivity contribution in [3.63, 3.8) is 0 Å². The molecule has 2 heterocycles. The highest BCUT2D eigenvalue weighted by molar-refractivity contribution is 6.00. The lowest BCUT2D eigenvalue weighted by molar-refractivity contribution is 0.0917. The Kier molecular flexibility index (Phi) is 4.91. The van der Waals surface area contributed by atoms with E-state index in [1.807, 2.05) is 30.3 Å². The second kappa shape index (κ2) is 7.42. The predicted molar refractivity (Wildman–Crippen MR) is 116 cm³/mol. The Balaban J connectivity index is 1.53. The third-order valence-electron chi connectivity index (χ3n) is 5.24. The normalized spacial score (nSPS) is 12.9. The lowest BCUT2D eigenvalue weighted by Gasteiger charge is -2.20. The van der Waals surface area contributed by atoms with Crippen molar-refractivity contribution >= 4 is 22.5 Å². The number of aromatic nitrogens is 3. The number of nitrogens with zero attached hydrogens (tertiary/aromatic N) is 2. The van der Waals surface area contributed by atoms with Crippen LogP contribution in [0.4, 0.5) is 0 Å². The largest absolute Gasteiger partial charge is 0.387 e. The zero-order chi connectivity index (χ0) is 21.5. The second-order valence-corrected chi connectivity index (χ2v) is 8.39. The summed E-state index contributed by atoms with van der Waals surface area (Å²) < 4.78 is 1.54. The molecule has 0 aliphatic carbocycles.